The van der Waals surface area contributed by atoms with E-state index in [-0.39, 0.29) is 0 Å². The van der Waals surface area contributed by atoms with Crippen molar-refractivity contribution in [3.05, 3.63) is 35.9 Å². The number of esters is 1. The summed E-state index contributed by atoms with van der Waals surface area (Å²) in [7, 11) is 1.28. The standard InChI is InChI=1S/C16H18N2O6/c1-23-16(22)12-10-11(17-14(19)4-5-15(20)21)2-3-13(12)18-6-8-24-9-7-18/h2-5,10H,6-9H2,1H3,(H,17,19)(H,20,21). The molecule has 2 rings (SSSR count). The van der Waals surface area contributed by atoms with Crippen LogP contribution in [-0.4, -0.2) is 56.4 Å². The van der Waals surface area contributed by atoms with E-state index in [1.54, 1.807) is 12.1 Å². The second-order valence-electron chi connectivity index (χ2n) is 4.98. The summed E-state index contributed by atoms with van der Waals surface area (Å²) in [5.74, 6) is -2.34. The maximum absolute atomic E-state index is 12.0. The van der Waals surface area contributed by atoms with Crippen LogP contribution in [0.25, 0.3) is 0 Å². The van der Waals surface area contributed by atoms with E-state index in [9.17, 15) is 14.4 Å². The van der Waals surface area contributed by atoms with Gasteiger partial charge in [0.15, 0.2) is 0 Å². The molecule has 1 aliphatic heterocycles. The topological polar surface area (TPSA) is 105 Å². The summed E-state index contributed by atoms with van der Waals surface area (Å²) < 4.78 is 10.1. The quantitative estimate of drug-likeness (QED) is 0.608. The number of carbonyl (C=O) groups excluding carboxylic acids is 2. The Morgan fingerprint density at radius 3 is 2.58 bits per heavy atom. The van der Waals surface area contributed by atoms with Crippen molar-refractivity contribution in [1.82, 2.24) is 0 Å². The molecule has 0 atom stereocenters. The maximum Gasteiger partial charge on any atom is 0.340 e. The van der Waals surface area contributed by atoms with Crippen molar-refractivity contribution in [2.45, 2.75) is 0 Å². The van der Waals surface area contributed by atoms with Gasteiger partial charge in [-0.05, 0) is 18.2 Å². The predicted molar refractivity (Wildman–Crippen MR) is 86.2 cm³/mol. The SMILES string of the molecule is COC(=O)c1cc(NC(=O)C=CC(=O)O)ccc1N1CCOCC1. The number of anilines is 2. The summed E-state index contributed by atoms with van der Waals surface area (Å²) in [6, 6.07) is 4.86. The Hall–Kier alpha value is -2.87. The number of methoxy groups -OCH3 is 1. The van der Waals surface area contributed by atoms with Crippen LogP contribution in [0.15, 0.2) is 30.4 Å². The molecule has 0 saturated carbocycles. The highest BCUT2D eigenvalue weighted by Gasteiger charge is 2.20. The highest BCUT2D eigenvalue weighted by Crippen LogP contribution is 2.26. The fourth-order valence-corrected chi connectivity index (χ4v) is 2.30. The molecule has 1 aliphatic rings. The third-order valence-electron chi connectivity index (χ3n) is 3.40. The van der Waals surface area contributed by atoms with Gasteiger partial charge in [-0.25, -0.2) is 9.59 Å². The number of carbonyl (C=O) groups is 3. The van der Waals surface area contributed by atoms with Crippen molar-refractivity contribution in [1.29, 1.82) is 0 Å². The van der Waals surface area contributed by atoms with Crippen LogP contribution in [0.4, 0.5) is 11.4 Å². The van der Waals surface area contributed by atoms with E-state index in [1.807, 2.05) is 4.90 Å². The van der Waals surface area contributed by atoms with Crippen LogP contribution in [0.2, 0.25) is 0 Å². The number of nitrogens with zero attached hydrogens (tertiary/aromatic N) is 1. The molecule has 1 aromatic carbocycles. The number of aliphatic carboxylic acids is 1. The largest absolute Gasteiger partial charge is 0.478 e. The molecule has 0 bridgehead atoms. The highest BCUT2D eigenvalue weighted by molar-refractivity contribution is 6.04. The number of carboxylic acids is 1. The van der Waals surface area contributed by atoms with E-state index in [0.29, 0.717) is 43.2 Å². The molecule has 0 aromatic heterocycles. The maximum atomic E-state index is 12.0. The first kappa shape index (κ1) is 17.5. The van der Waals surface area contributed by atoms with Crippen LogP contribution in [0.1, 0.15) is 10.4 Å². The smallest absolute Gasteiger partial charge is 0.340 e. The Bertz CT molecular complexity index is 665. The van der Waals surface area contributed by atoms with Gasteiger partial charge in [-0.2, -0.15) is 0 Å². The average Bonchev–Trinajstić information content (AvgIpc) is 2.60. The minimum absolute atomic E-state index is 0.319. The molecule has 8 nitrogen and oxygen atoms in total. The Kier molecular flexibility index (Phi) is 5.91. The summed E-state index contributed by atoms with van der Waals surface area (Å²) in [5.41, 5.74) is 1.39. The second kappa shape index (κ2) is 8.11. The first-order chi connectivity index (χ1) is 11.5. The van der Waals surface area contributed by atoms with Crippen molar-refractivity contribution in [2.75, 3.05) is 43.6 Å². The molecule has 128 valence electrons. The number of rotatable bonds is 5. The third-order valence-corrected chi connectivity index (χ3v) is 3.40. The summed E-state index contributed by atoms with van der Waals surface area (Å²) in [6.45, 7) is 2.44. The summed E-state index contributed by atoms with van der Waals surface area (Å²) in [6.07, 6.45) is 1.63. The monoisotopic (exact) mass is 334 g/mol. The van der Waals surface area contributed by atoms with E-state index in [1.165, 1.54) is 13.2 Å². The Morgan fingerprint density at radius 1 is 1.25 bits per heavy atom. The van der Waals surface area contributed by atoms with E-state index >= 15 is 0 Å². The highest BCUT2D eigenvalue weighted by atomic mass is 16.5. The minimum Gasteiger partial charge on any atom is -0.478 e. The fourth-order valence-electron chi connectivity index (χ4n) is 2.30. The van der Waals surface area contributed by atoms with E-state index < -0.39 is 17.8 Å². The molecular weight excluding hydrogens is 316 g/mol. The molecule has 24 heavy (non-hydrogen) atoms. The van der Waals surface area contributed by atoms with Crippen molar-refractivity contribution >= 4 is 29.2 Å². The number of carboxylic acid groups (broad SMARTS) is 1. The van der Waals surface area contributed by atoms with Gasteiger partial charge >= 0.3 is 11.9 Å². The minimum atomic E-state index is -1.22. The van der Waals surface area contributed by atoms with Gasteiger partial charge in [-0.15, -0.1) is 0 Å². The zero-order valence-corrected chi connectivity index (χ0v) is 13.2. The van der Waals surface area contributed by atoms with Crippen molar-refractivity contribution < 1.29 is 29.0 Å². The van der Waals surface area contributed by atoms with E-state index in [2.05, 4.69) is 5.32 Å². The molecule has 1 heterocycles. The fraction of sp³-hybridized carbons (Fsp3) is 0.312. The van der Waals surface area contributed by atoms with Gasteiger partial charge in [-0.1, -0.05) is 0 Å². The summed E-state index contributed by atoms with van der Waals surface area (Å²) >= 11 is 0. The number of hydrogen-bond acceptors (Lipinski definition) is 6. The van der Waals surface area contributed by atoms with E-state index in [0.717, 1.165) is 12.2 Å². The van der Waals surface area contributed by atoms with Gasteiger partial charge in [0.1, 0.15) is 0 Å². The van der Waals surface area contributed by atoms with Gasteiger partial charge in [0.25, 0.3) is 0 Å². The summed E-state index contributed by atoms with van der Waals surface area (Å²) in [5, 5.41) is 11.0. The van der Waals surface area contributed by atoms with Crippen LogP contribution >= 0.6 is 0 Å². The lowest BCUT2D eigenvalue weighted by atomic mass is 10.1. The Balaban J connectivity index is 2.24. The molecule has 0 aliphatic carbocycles. The van der Waals surface area contributed by atoms with Crippen molar-refractivity contribution in [3.8, 4) is 0 Å². The van der Waals surface area contributed by atoms with E-state index in [4.69, 9.17) is 14.6 Å². The lowest BCUT2D eigenvalue weighted by Gasteiger charge is -2.30. The van der Waals surface area contributed by atoms with Gasteiger partial charge in [0.2, 0.25) is 5.91 Å². The van der Waals surface area contributed by atoms with Gasteiger partial charge < -0.3 is 24.8 Å². The van der Waals surface area contributed by atoms with Crippen molar-refractivity contribution in [3.63, 3.8) is 0 Å². The van der Waals surface area contributed by atoms with Gasteiger partial charge in [0.05, 0.1) is 31.6 Å². The number of nitrogens with one attached hydrogen (secondary N) is 1. The van der Waals surface area contributed by atoms with Crippen LogP contribution in [0, 0.1) is 0 Å². The third kappa shape index (κ3) is 4.56. The molecule has 8 heteroatoms. The predicted octanol–water partition coefficient (Wildman–Crippen LogP) is 0.889. The number of hydrogen-bond donors (Lipinski definition) is 2. The summed E-state index contributed by atoms with van der Waals surface area (Å²) in [4.78, 5) is 36.1. The molecule has 0 unspecified atom stereocenters. The Morgan fingerprint density at radius 2 is 1.96 bits per heavy atom. The van der Waals surface area contributed by atoms with Crippen molar-refractivity contribution in [2.24, 2.45) is 0 Å². The van der Waals surface area contributed by atoms with Crippen LogP contribution in [0.3, 0.4) is 0 Å². The van der Waals surface area contributed by atoms with Gasteiger partial charge in [-0.3, -0.25) is 4.79 Å². The first-order valence-electron chi connectivity index (χ1n) is 7.28. The average molecular weight is 334 g/mol. The second-order valence-corrected chi connectivity index (χ2v) is 4.98. The number of benzene rings is 1. The first-order valence-corrected chi connectivity index (χ1v) is 7.28. The molecule has 1 amide bonds. The molecule has 1 aromatic rings. The molecular formula is C16H18N2O6. The number of ether oxygens (including phenoxy) is 2. The normalized spacial score (nSPS) is 14.5. The molecule has 1 saturated heterocycles. The zero-order chi connectivity index (χ0) is 17.5. The molecule has 2 N–H and O–H groups in total. The molecule has 0 radical (unpaired) electrons. The van der Waals surface area contributed by atoms with Crippen LogP contribution in [-0.2, 0) is 19.1 Å². The Labute approximate surface area is 138 Å². The van der Waals surface area contributed by atoms with Crippen LogP contribution < -0.4 is 10.2 Å². The zero-order valence-electron chi connectivity index (χ0n) is 13.2. The van der Waals surface area contributed by atoms with Gasteiger partial charge in [0, 0.05) is 30.9 Å². The molecule has 0 spiro atoms. The lowest BCUT2D eigenvalue weighted by Crippen LogP contribution is -2.37. The number of amides is 1. The van der Waals surface area contributed by atoms with Crippen LogP contribution in [0.5, 0.6) is 0 Å². The molecule has 1 fully saturated rings. The number of morpholine rings is 1. The lowest BCUT2D eigenvalue weighted by molar-refractivity contribution is -0.131.